The van der Waals surface area contributed by atoms with Crippen LogP contribution in [0.3, 0.4) is 0 Å². The number of piperidine rings is 1. The van der Waals surface area contributed by atoms with E-state index >= 15 is 0 Å². The Morgan fingerprint density at radius 3 is 2.88 bits per heavy atom. The minimum absolute atomic E-state index is 0.991. The quantitative estimate of drug-likeness (QED) is 0.816. The molecule has 0 saturated carbocycles. The van der Waals surface area contributed by atoms with Crippen LogP contribution >= 0.6 is 22.6 Å². The number of aromatic amines is 1. The zero-order chi connectivity index (χ0) is 11.0. The molecular weight excluding hydrogens is 313 g/mol. The Labute approximate surface area is 108 Å². The van der Waals surface area contributed by atoms with Gasteiger partial charge < -0.3 is 9.88 Å². The van der Waals surface area contributed by atoms with Crippen molar-refractivity contribution in [2.24, 2.45) is 0 Å². The molecule has 0 aromatic carbocycles. The van der Waals surface area contributed by atoms with Gasteiger partial charge in [0.25, 0.3) is 0 Å². The van der Waals surface area contributed by atoms with Crippen LogP contribution < -0.4 is 4.90 Å². The van der Waals surface area contributed by atoms with Gasteiger partial charge in [0.05, 0.1) is 11.9 Å². The van der Waals surface area contributed by atoms with Crippen molar-refractivity contribution >= 4 is 39.3 Å². The molecule has 3 nitrogen and oxygen atoms in total. The molecule has 0 amide bonds. The van der Waals surface area contributed by atoms with E-state index in [1.54, 1.807) is 0 Å². The predicted molar refractivity (Wildman–Crippen MR) is 74.9 cm³/mol. The molecule has 3 rings (SSSR count). The number of rotatable bonds is 1. The van der Waals surface area contributed by atoms with Crippen LogP contribution in [0, 0.1) is 3.57 Å². The van der Waals surface area contributed by atoms with Crippen molar-refractivity contribution in [3.05, 3.63) is 22.0 Å². The number of pyridine rings is 1. The standard InChI is InChI=1S/C12H14IN3/c13-11-8-15-12-10(11)6-9(7-14-12)16-4-2-1-3-5-16/h6-8H,1-5H2,(H,14,15). The van der Waals surface area contributed by atoms with Gasteiger partial charge in [0.1, 0.15) is 5.65 Å². The molecule has 3 heterocycles. The van der Waals surface area contributed by atoms with Crippen molar-refractivity contribution in [1.29, 1.82) is 0 Å². The van der Waals surface area contributed by atoms with Gasteiger partial charge in [-0.2, -0.15) is 0 Å². The number of fused-ring (bicyclic) bond motifs is 1. The normalized spacial score (nSPS) is 16.9. The number of nitrogens with zero attached hydrogens (tertiary/aromatic N) is 2. The molecular formula is C12H14IN3. The molecule has 2 aromatic rings. The Bertz CT molecular complexity index is 500. The molecule has 84 valence electrons. The molecule has 1 aliphatic heterocycles. The highest BCUT2D eigenvalue weighted by Gasteiger charge is 2.12. The third-order valence-corrected chi connectivity index (χ3v) is 4.08. The Morgan fingerprint density at radius 1 is 1.25 bits per heavy atom. The molecule has 1 saturated heterocycles. The maximum atomic E-state index is 4.48. The molecule has 0 atom stereocenters. The van der Waals surface area contributed by atoms with Gasteiger partial charge in [-0.05, 0) is 47.9 Å². The monoisotopic (exact) mass is 327 g/mol. The summed E-state index contributed by atoms with van der Waals surface area (Å²) in [7, 11) is 0. The van der Waals surface area contributed by atoms with E-state index in [1.165, 1.54) is 47.0 Å². The molecule has 4 heteroatoms. The Kier molecular flexibility index (Phi) is 2.75. The fourth-order valence-electron chi connectivity index (χ4n) is 2.29. The smallest absolute Gasteiger partial charge is 0.138 e. The van der Waals surface area contributed by atoms with E-state index in [1.807, 2.05) is 12.4 Å². The summed E-state index contributed by atoms with van der Waals surface area (Å²) in [6.45, 7) is 2.35. The number of anilines is 1. The SMILES string of the molecule is Ic1c[nH]c2ncc(N3CCCCC3)cc12. The Morgan fingerprint density at radius 2 is 2.06 bits per heavy atom. The molecule has 1 aliphatic rings. The molecule has 0 spiro atoms. The van der Waals surface area contributed by atoms with E-state index < -0.39 is 0 Å². The number of hydrogen-bond acceptors (Lipinski definition) is 2. The molecule has 1 fully saturated rings. The molecule has 16 heavy (non-hydrogen) atoms. The second-order valence-electron chi connectivity index (χ2n) is 4.27. The first kappa shape index (κ1) is 10.4. The van der Waals surface area contributed by atoms with E-state index in [4.69, 9.17) is 0 Å². The van der Waals surface area contributed by atoms with Crippen molar-refractivity contribution in [3.8, 4) is 0 Å². The lowest BCUT2D eigenvalue weighted by atomic mass is 10.1. The summed E-state index contributed by atoms with van der Waals surface area (Å²) in [5.41, 5.74) is 2.26. The number of aromatic nitrogens is 2. The average Bonchev–Trinajstić information content (AvgIpc) is 2.72. The fourth-order valence-corrected chi connectivity index (χ4v) is 2.85. The lowest BCUT2D eigenvalue weighted by Crippen LogP contribution is -2.29. The zero-order valence-corrected chi connectivity index (χ0v) is 11.2. The summed E-state index contributed by atoms with van der Waals surface area (Å²) in [5.74, 6) is 0. The minimum atomic E-state index is 0.991. The van der Waals surface area contributed by atoms with Crippen LogP contribution in [0.2, 0.25) is 0 Å². The minimum Gasteiger partial charge on any atom is -0.370 e. The lowest BCUT2D eigenvalue weighted by Gasteiger charge is -2.28. The van der Waals surface area contributed by atoms with Crippen molar-refractivity contribution in [2.45, 2.75) is 19.3 Å². The molecule has 0 aliphatic carbocycles. The van der Waals surface area contributed by atoms with Crippen LogP contribution in [0.5, 0.6) is 0 Å². The van der Waals surface area contributed by atoms with E-state index in [0.29, 0.717) is 0 Å². The van der Waals surface area contributed by atoms with Gasteiger partial charge in [-0.3, -0.25) is 0 Å². The lowest BCUT2D eigenvalue weighted by molar-refractivity contribution is 0.577. The summed E-state index contributed by atoms with van der Waals surface area (Å²) in [4.78, 5) is 10.1. The predicted octanol–water partition coefficient (Wildman–Crippen LogP) is 3.16. The number of halogens is 1. The van der Waals surface area contributed by atoms with E-state index in [9.17, 15) is 0 Å². The number of hydrogen-bond donors (Lipinski definition) is 1. The van der Waals surface area contributed by atoms with Crippen molar-refractivity contribution in [1.82, 2.24) is 9.97 Å². The van der Waals surface area contributed by atoms with Crippen molar-refractivity contribution < 1.29 is 0 Å². The summed E-state index contributed by atoms with van der Waals surface area (Å²) >= 11 is 2.35. The van der Waals surface area contributed by atoms with E-state index in [0.717, 1.165) is 5.65 Å². The second-order valence-corrected chi connectivity index (χ2v) is 5.44. The molecule has 0 bridgehead atoms. The number of nitrogens with one attached hydrogen (secondary N) is 1. The van der Waals surface area contributed by atoms with Crippen molar-refractivity contribution in [2.75, 3.05) is 18.0 Å². The first-order chi connectivity index (χ1) is 7.84. The molecule has 0 unspecified atom stereocenters. The first-order valence-corrected chi connectivity index (χ1v) is 6.80. The third-order valence-electron chi connectivity index (χ3n) is 3.19. The van der Waals surface area contributed by atoms with Gasteiger partial charge >= 0.3 is 0 Å². The molecule has 0 radical (unpaired) electrons. The van der Waals surface area contributed by atoms with Crippen LogP contribution in [0.25, 0.3) is 11.0 Å². The van der Waals surface area contributed by atoms with Crippen LogP contribution in [0.15, 0.2) is 18.5 Å². The van der Waals surface area contributed by atoms with E-state index in [-0.39, 0.29) is 0 Å². The third kappa shape index (κ3) is 1.79. The van der Waals surface area contributed by atoms with Gasteiger partial charge in [0.2, 0.25) is 0 Å². The van der Waals surface area contributed by atoms with Gasteiger partial charge in [0, 0.05) is 28.2 Å². The average molecular weight is 327 g/mol. The van der Waals surface area contributed by atoms with Crippen LogP contribution in [-0.4, -0.2) is 23.1 Å². The van der Waals surface area contributed by atoms with Crippen molar-refractivity contribution in [3.63, 3.8) is 0 Å². The summed E-state index contributed by atoms with van der Waals surface area (Å²) in [5, 5.41) is 1.24. The first-order valence-electron chi connectivity index (χ1n) is 5.72. The summed E-state index contributed by atoms with van der Waals surface area (Å²) in [6.07, 6.45) is 7.98. The largest absolute Gasteiger partial charge is 0.370 e. The van der Waals surface area contributed by atoms with Gasteiger partial charge in [0.15, 0.2) is 0 Å². The summed E-state index contributed by atoms with van der Waals surface area (Å²) < 4.78 is 1.25. The van der Waals surface area contributed by atoms with Crippen LogP contribution in [0.4, 0.5) is 5.69 Å². The number of H-pyrrole nitrogens is 1. The maximum absolute atomic E-state index is 4.48. The maximum Gasteiger partial charge on any atom is 0.138 e. The molecule has 1 N–H and O–H groups in total. The van der Waals surface area contributed by atoms with E-state index in [2.05, 4.69) is 43.5 Å². The van der Waals surface area contributed by atoms with Crippen LogP contribution in [-0.2, 0) is 0 Å². The Balaban J connectivity index is 1.99. The van der Waals surface area contributed by atoms with Gasteiger partial charge in [-0.25, -0.2) is 4.98 Å². The van der Waals surface area contributed by atoms with Crippen LogP contribution in [0.1, 0.15) is 19.3 Å². The highest BCUT2D eigenvalue weighted by molar-refractivity contribution is 14.1. The Hall–Kier alpha value is -0.780. The topological polar surface area (TPSA) is 31.9 Å². The highest BCUT2D eigenvalue weighted by Crippen LogP contribution is 2.25. The zero-order valence-electron chi connectivity index (χ0n) is 9.04. The molecule has 2 aromatic heterocycles. The van der Waals surface area contributed by atoms with Gasteiger partial charge in [-0.15, -0.1) is 0 Å². The second kappa shape index (κ2) is 4.24. The van der Waals surface area contributed by atoms with Gasteiger partial charge in [-0.1, -0.05) is 0 Å². The summed E-state index contributed by atoms with van der Waals surface area (Å²) in [6, 6.07) is 2.26. The highest BCUT2D eigenvalue weighted by atomic mass is 127. The fraction of sp³-hybridized carbons (Fsp3) is 0.417.